The Morgan fingerprint density at radius 1 is 1.09 bits per heavy atom. The Kier molecular flexibility index (Phi) is 8.65. The molecule has 2 aromatic rings. The van der Waals surface area contributed by atoms with Gasteiger partial charge in [-0.2, -0.15) is 0 Å². The Bertz CT molecular complexity index is 1570. The van der Waals surface area contributed by atoms with Crippen LogP contribution in [-0.2, 0) is 26.6 Å². The predicted octanol–water partition coefficient (Wildman–Crippen LogP) is 5.55. The van der Waals surface area contributed by atoms with Gasteiger partial charge < -0.3 is 19.5 Å². The Labute approximate surface area is 271 Å². The van der Waals surface area contributed by atoms with Crippen LogP contribution in [0.5, 0.6) is 5.75 Å². The molecule has 1 saturated carbocycles. The van der Waals surface area contributed by atoms with Gasteiger partial charge in [-0.05, 0) is 118 Å². The number of halogens is 1. The maximum absolute atomic E-state index is 13.6. The van der Waals surface area contributed by atoms with Crippen LogP contribution in [-0.4, -0.2) is 63.2 Å². The van der Waals surface area contributed by atoms with Crippen molar-refractivity contribution in [3.8, 4) is 5.75 Å². The minimum Gasteiger partial charge on any atom is -0.490 e. The fourth-order valence-electron chi connectivity index (χ4n) is 8.26. The van der Waals surface area contributed by atoms with Gasteiger partial charge in [0.05, 0.1) is 29.8 Å². The molecule has 6 atom stereocenters. The van der Waals surface area contributed by atoms with E-state index in [1.807, 2.05) is 18.2 Å². The van der Waals surface area contributed by atoms with Crippen LogP contribution < -0.4 is 14.4 Å². The number of ether oxygens (including phenoxy) is 2. The molecule has 242 valence electrons. The summed E-state index contributed by atoms with van der Waals surface area (Å²) in [6.07, 6.45) is 10.8. The molecular weight excluding hydrogens is 612 g/mol. The van der Waals surface area contributed by atoms with Gasteiger partial charge in [0, 0.05) is 35.7 Å². The smallest absolute Gasteiger partial charge is 0.264 e. The molecule has 2 aromatic carbocycles. The highest BCUT2D eigenvalue weighted by molar-refractivity contribution is 7.90. The number of sulfonamides is 1. The number of fused-ring (bicyclic) bond motifs is 4. The molecule has 2 bridgehead atoms. The maximum atomic E-state index is 13.6. The first-order valence-electron chi connectivity index (χ1n) is 16.5. The highest BCUT2D eigenvalue weighted by atomic mass is 35.5. The fraction of sp³-hybridized carbons (Fsp3) is 0.571. The molecule has 0 radical (unpaired) electrons. The number of aliphatic hydroxyl groups excluding tert-OH is 1. The number of allylic oxidation sites excluding steroid dienone is 1. The lowest BCUT2D eigenvalue weighted by atomic mass is 9.68. The first-order valence-corrected chi connectivity index (χ1v) is 18.5. The third-order valence-corrected chi connectivity index (χ3v) is 12.9. The molecule has 5 aliphatic rings. The second-order valence-electron chi connectivity index (χ2n) is 13.8. The highest BCUT2D eigenvalue weighted by Crippen LogP contribution is 2.46. The summed E-state index contributed by atoms with van der Waals surface area (Å²) in [7, 11) is -3.99. The summed E-state index contributed by atoms with van der Waals surface area (Å²) in [6.45, 7) is 2.53. The summed E-state index contributed by atoms with van der Waals surface area (Å²) in [5.74, 6) is 0.444. The molecule has 8 nitrogen and oxygen atoms in total. The van der Waals surface area contributed by atoms with E-state index in [9.17, 15) is 18.3 Å². The average Bonchev–Trinajstić information content (AvgIpc) is 3.46. The van der Waals surface area contributed by atoms with Crippen LogP contribution in [0.1, 0.15) is 79.3 Å². The zero-order valence-corrected chi connectivity index (χ0v) is 27.2. The van der Waals surface area contributed by atoms with Crippen molar-refractivity contribution in [2.45, 2.75) is 87.1 Å². The van der Waals surface area contributed by atoms with Crippen molar-refractivity contribution in [1.82, 2.24) is 4.72 Å². The number of amides is 1. The SMILES string of the molecule is O=C1NS(=O)(=O)[C@H](C[C@H]2CCCO2)CC/C=C\[C@H](O)[C@@H]2CC[C@H]2CN2C[C@@]3(CCCc4cc(Cl)ccc43)COc3ccc1cc32. The van der Waals surface area contributed by atoms with Gasteiger partial charge in [-0.25, -0.2) is 13.1 Å². The van der Waals surface area contributed by atoms with E-state index in [1.165, 1.54) is 11.1 Å². The topological polar surface area (TPSA) is 105 Å². The molecule has 2 N–H and O–H groups in total. The highest BCUT2D eigenvalue weighted by Gasteiger charge is 2.44. The van der Waals surface area contributed by atoms with Crippen molar-refractivity contribution in [3.63, 3.8) is 0 Å². The average molecular weight is 655 g/mol. The minimum atomic E-state index is -3.99. The van der Waals surface area contributed by atoms with Crippen molar-refractivity contribution in [3.05, 3.63) is 70.3 Å². The van der Waals surface area contributed by atoms with E-state index in [1.54, 1.807) is 18.2 Å². The summed E-state index contributed by atoms with van der Waals surface area (Å²) < 4.78 is 42.0. The Morgan fingerprint density at radius 2 is 1.98 bits per heavy atom. The normalized spacial score (nSPS) is 33.6. The number of carbonyl (C=O) groups is 1. The van der Waals surface area contributed by atoms with E-state index in [-0.39, 0.29) is 28.9 Å². The van der Waals surface area contributed by atoms with Gasteiger partial charge in [0.2, 0.25) is 10.0 Å². The van der Waals surface area contributed by atoms with Crippen molar-refractivity contribution < 1.29 is 27.8 Å². The van der Waals surface area contributed by atoms with Gasteiger partial charge in [0.25, 0.3) is 5.91 Å². The van der Waals surface area contributed by atoms with Crippen molar-refractivity contribution in [2.75, 3.05) is 31.2 Å². The molecule has 1 saturated heterocycles. The zero-order valence-electron chi connectivity index (χ0n) is 25.6. The number of hydrogen-bond donors (Lipinski definition) is 2. The van der Waals surface area contributed by atoms with E-state index >= 15 is 0 Å². The third-order valence-electron chi connectivity index (χ3n) is 10.9. The number of aliphatic hydroxyl groups is 1. The van der Waals surface area contributed by atoms with Crippen LogP contribution in [0.25, 0.3) is 0 Å². The van der Waals surface area contributed by atoms with Crippen LogP contribution in [0.2, 0.25) is 5.02 Å². The number of anilines is 1. The number of nitrogens with one attached hydrogen (secondary N) is 1. The lowest BCUT2D eigenvalue weighted by Crippen LogP contribution is -2.49. The van der Waals surface area contributed by atoms with Gasteiger partial charge >= 0.3 is 0 Å². The van der Waals surface area contributed by atoms with Gasteiger partial charge in [-0.1, -0.05) is 29.8 Å². The molecule has 2 aliphatic carbocycles. The number of rotatable bonds is 2. The number of hydrogen-bond acceptors (Lipinski definition) is 7. The predicted molar refractivity (Wildman–Crippen MR) is 175 cm³/mol. The monoisotopic (exact) mass is 654 g/mol. The molecule has 3 aliphatic heterocycles. The Morgan fingerprint density at radius 3 is 2.78 bits per heavy atom. The summed E-state index contributed by atoms with van der Waals surface area (Å²) in [5, 5.41) is 11.2. The summed E-state index contributed by atoms with van der Waals surface area (Å²) in [6, 6.07) is 11.4. The van der Waals surface area contributed by atoms with E-state index < -0.39 is 27.3 Å². The molecule has 0 unspecified atom stereocenters. The molecule has 10 heteroatoms. The molecule has 3 heterocycles. The van der Waals surface area contributed by atoms with Crippen LogP contribution in [0.3, 0.4) is 0 Å². The lowest BCUT2D eigenvalue weighted by Gasteiger charge is -2.45. The first-order chi connectivity index (χ1) is 21.7. The minimum absolute atomic E-state index is 0.119. The van der Waals surface area contributed by atoms with Gasteiger partial charge in [-0.15, -0.1) is 0 Å². The standard InChI is InChI=1S/C35H43ClN2O6S/c36-26-11-13-30-23(17-26)5-3-15-35(30)21-38-20-25-9-12-29(25)32(39)8-2-1-7-28(19-27-6-4-16-43-27)45(41,42)37-34(40)24-10-14-33(44-22-35)31(38)18-24/h2,8,10-11,13-14,17-18,25,27-29,32,39H,1,3-7,9,12,15-16,19-22H2,(H,37,40)/b8-2-/t25-,27+,28-,29+,32-,35-/m0/s1. The number of aryl methyl sites for hydroxylation is 1. The third kappa shape index (κ3) is 6.25. The van der Waals surface area contributed by atoms with E-state index in [0.717, 1.165) is 55.7 Å². The number of carbonyl (C=O) groups excluding carboxylic acids is 1. The van der Waals surface area contributed by atoms with Crippen molar-refractivity contribution >= 4 is 33.2 Å². The number of nitrogens with zero attached hydrogens (tertiary/aromatic N) is 1. The second kappa shape index (κ2) is 12.5. The van der Waals surface area contributed by atoms with E-state index in [4.69, 9.17) is 21.1 Å². The molecule has 1 spiro atoms. The molecule has 0 aromatic heterocycles. The first kappa shape index (κ1) is 31.0. The van der Waals surface area contributed by atoms with Crippen molar-refractivity contribution in [1.29, 1.82) is 0 Å². The van der Waals surface area contributed by atoms with Gasteiger partial charge in [-0.3, -0.25) is 4.79 Å². The largest absolute Gasteiger partial charge is 0.490 e. The van der Waals surface area contributed by atoms with Crippen LogP contribution in [0.15, 0.2) is 48.6 Å². The molecule has 2 fully saturated rings. The summed E-state index contributed by atoms with van der Waals surface area (Å²) in [5.41, 5.74) is 3.31. The van der Waals surface area contributed by atoms with E-state index in [0.29, 0.717) is 51.3 Å². The van der Waals surface area contributed by atoms with Crippen molar-refractivity contribution in [2.24, 2.45) is 11.8 Å². The quantitative estimate of drug-likeness (QED) is 0.410. The Balaban J connectivity index is 1.26. The zero-order chi connectivity index (χ0) is 31.2. The van der Waals surface area contributed by atoms with Crippen LogP contribution >= 0.6 is 11.6 Å². The second-order valence-corrected chi connectivity index (χ2v) is 16.2. The summed E-state index contributed by atoms with van der Waals surface area (Å²) >= 11 is 6.41. The summed E-state index contributed by atoms with van der Waals surface area (Å²) in [4.78, 5) is 15.9. The van der Waals surface area contributed by atoms with E-state index in [2.05, 4.69) is 21.8 Å². The molecule has 1 amide bonds. The molecule has 7 rings (SSSR count). The van der Waals surface area contributed by atoms with Gasteiger partial charge in [0.15, 0.2) is 0 Å². The maximum Gasteiger partial charge on any atom is 0.264 e. The fourth-order valence-corrected chi connectivity index (χ4v) is 9.92. The van der Waals surface area contributed by atoms with Gasteiger partial charge in [0.1, 0.15) is 5.75 Å². The Hall–Kier alpha value is -2.59. The number of benzene rings is 2. The lowest BCUT2D eigenvalue weighted by molar-refractivity contribution is 0.0456. The van der Waals surface area contributed by atoms with Crippen LogP contribution in [0.4, 0.5) is 5.69 Å². The molecule has 45 heavy (non-hydrogen) atoms. The van der Waals surface area contributed by atoms with Crippen LogP contribution in [0, 0.1) is 11.8 Å². The molecular formula is C35H43ClN2O6S.